The number of hydrogen-bond acceptors (Lipinski definition) is 4. The van der Waals surface area contributed by atoms with Gasteiger partial charge in [-0.2, -0.15) is 0 Å². The first kappa shape index (κ1) is 31.0. The van der Waals surface area contributed by atoms with E-state index in [0.29, 0.717) is 30.6 Å². The second kappa shape index (κ2) is 13.3. The molecule has 2 N–H and O–H groups in total. The lowest BCUT2D eigenvalue weighted by atomic mass is 9.88. The van der Waals surface area contributed by atoms with Gasteiger partial charge >= 0.3 is 5.97 Å². The Morgan fingerprint density at radius 3 is 2.15 bits per heavy atom. The standard InChI is InChI=1S/C28H44N2O2.2ClH/c1-7-21(17-20-11-9-8-10-12-20)24-18-25(24)30-23-15-13-22(14-16-23)29-19-28(5,6)26(31)32-27(2,3)4;;/h8-12,17,22-25,29-30H,7,13-16,18-19H2,1-6H3;2*1H/b21-17+;;/t22-,23+,24-,25+;;/m0../s1. The predicted octanol–water partition coefficient (Wildman–Crippen LogP) is 6.57. The fourth-order valence-corrected chi connectivity index (χ4v) is 4.68. The number of esters is 1. The van der Waals surface area contributed by atoms with Crippen molar-refractivity contribution in [2.75, 3.05) is 6.54 Å². The molecule has 0 aliphatic heterocycles. The van der Waals surface area contributed by atoms with Crippen LogP contribution >= 0.6 is 24.8 Å². The van der Waals surface area contributed by atoms with Gasteiger partial charge in [-0.15, -0.1) is 24.8 Å². The average molecular weight is 514 g/mol. The van der Waals surface area contributed by atoms with E-state index in [1.54, 1.807) is 5.57 Å². The van der Waals surface area contributed by atoms with Gasteiger partial charge in [0.1, 0.15) is 5.60 Å². The highest BCUT2D eigenvalue weighted by molar-refractivity contribution is 5.85. The van der Waals surface area contributed by atoms with Crippen LogP contribution in [0.1, 0.15) is 85.6 Å². The van der Waals surface area contributed by atoms with Crippen LogP contribution in [0.5, 0.6) is 0 Å². The maximum absolute atomic E-state index is 12.5. The molecular formula is C28H46Cl2N2O2. The third-order valence-corrected chi connectivity index (χ3v) is 6.79. The molecule has 0 unspecified atom stereocenters. The van der Waals surface area contributed by atoms with Crippen LogP contribution in [0.25, 0.3) is 6.08 Å². The maximum Gasteiger partial charge on any atom is 0.313 e. The molecule has 2 saturated carbocycles. The lowest BCUT2D eigenvalue weighted by Crippen LogP contribution is -2.46. The zero-order valence-electron chi connectivity index (χ0n) is 21.9. The van der Waals surface area contributed by atoms with Gasteiger partial charge < -0.3 is 15.4 Å². The van der Waals surface area contributed by atoms with Crippen molar-refractivity contribution in [2.45, 2.75) is 104 Å². The van der Waals surface area contributed by atoms with E-state index in [0.717, 1.165) is 6.42 Å². The van der Waals surface area contributed by atoms with Crippen molar-refractivity contribution < 1.29 is 9.53 Å². The average Bonchev–Trinajstić information content (AvgIpc) is 3.50. The van der Waals surface area contributed by atoms with Gasteiger partial charge in [0.25, 0.3) is 0 Å². The first-order chi connectivity index (χ1) is 15.1. The fourth-order valence-electron chi connectivity index (χ4n) is 4.68. The zero-order chi connectivity index (χ0) is 23.4. The molecule has 2 aliphatic rings. The van der Waals surface area contributed by atoms with Crippen LogP contribution in [0.4, 0.5) is 0 Å². The number of carbonyl (C=O) groups excluding carboxylic acids is 1. The summed E-state index contributed by atoms with van der Waals surface area (Å²) in [6.07, 6.45) is 9.53. The maximum atomic E-state index is 12.5. The van der Waals surface area contributed by atoms with Crippen LogP contribution in [0.15, 0.2) is 35.9 Å². The summed E-state index contributed by atoms with van der Waals surface area (Å²) in [5.74, 6) is 0.577. The van der Waals surface area contributed by atoms with Gasteiger partial charge in [0, 0.05) is 24.7 Å². The number of benzene rings is 1. The summed E-state index contributed by atoms with van der Waals surface area (Å²) in [5.41, 5.74) is 1.95. The van der Waals surface area contributed by atoms with Gasteiger partial charge in [0.2, 0.25) is 0 Å². The van der Waals surface area contributed by atoms with Crippen LogP contribution in [-0.2, 0) is 9.53 Å². The third kappa shape index (κ3) is 9.53. The summed E-state index contributed by atoms with van der Waals surface area (Å²) >= 11 is 0. The van der Waals surface area contributed by atoms with Gasteiger partial charge in [-0.05, 0) is 84.6 Å². The van der Waals surface area contributed by atoms with Gasteiger partial charge in [-0.3, -0.25) is 4.79 Å². The lowest BCUT2D eigenvalue weighted by molar-refractivity contribution is -0.165. The monoisotopic (exact) mass is 512 g/mol. The molecule has 0 aromatic heterocycles. The Labute approximate surface area is 219 Å². The molecule has 1 aromatic rings. The van der Waals surface area contributed by atoms with Crippen molar-refractivity contribution in [2.24, 2.45) is 11.3 Å². The normalized spacial score (nSPS) is 25.1. The van der Waals surface area contributed by atoms with Gasteiger partial charge in [0.15, 0.2) is 0 Å². The van der Waals surface area contributed by atoms with Crippen molar-refractivity contribution in [1.82, 2.24) is 10.6 Å². The topological polar surface area (TPSA) is 50.4 Å². The van der Waals surface area contributed by atoms with Crippen molar-refractivity contribution >= 4 is 36.9 Å². The minimum absolute atomic E-state index is 0. The van der Waals surface area contributed by atoms with Crippen LogP contribution in [0, 0.1) is 11.3 Å². The fraction of sp³-hybridized carbons (Fsp3) is 0.679. The van der Waals surface area contributed by atoms with Crippen LogP contribution in [0.3, 0.4) is 0 Å². The molecule has 4 nitrogen and oxygen atoms in total. The molecule has 0 radical (unpaired) electrons. The Morgan fingerprint density at radius 2 is 1.59 bits per heavy atom. The van der Waals surface area contributed by atoms with Crippen LogP contribution in [0.2, 0.25) is 0 Å². The lowest BCUT2D eigenvalue weighted by Gasteiger charge is -2.33. The van der Waals surface area contributed by atoms with Gasteiger partial charge in [-0.25, -0.2) is 0 Å². The van der Waals surface area contributed by atoms with E-state index in [4.69, 9.17) is 4.74 Å². The number of ether oxygens (including phenoxy) is 1. The van der Waals surface area contributed by atoms with Crippen LogP contribution in [-0.4, -0.2) is 36.2 Å². The summed E-state index contributed by atoms with van der Waals surface area (Å²) in [7, 11) is 0. The molecule has 0 spiro atoms. The second-order valence-electron chi connectivity index (χ2n) is 11.4. The number of carbonyl (C=O) groups is 1. The van der Waals surface area contributed by atoms with Crippen molar-refractivity contribution in [1.29, 1.82) is 0 Å². The van der Waals surface area contributed by atoms with Crippen molar-refractivity contribution in [3.63, 3.8) is 0 Å². The zero-order valence-corrected chi connectivity index (χ0v) is 23.5. The Bertz CT molecular complexity index is 781. The quantitative estimate of drug-likeness (QED) is 0.367. The molecule has 0 saturated heterocycles. The molecule has 2 atom stereocenters. The van der Waals surface area contributed by atoms with E-state index < -0.39 is 11.0 Å². The molecule has 3 rings (SSSR count). The first-order valence-corrected chi connectivity index (χ1v) is 12.6. The molecule has 1 aromatic carbocycles. The summed E-state index contributed by atoms with van der Waals surface area (Å²) < 4.78 is 5.59. The summed E-state index contributed by atoms with van der Waals surface area (Å²) in [6, 6.07) is 12.5. The highest BCUT2D eigenvalue weighted by Crippen LogP contribution is 2.40. The molecule has 0 bridgehead atoms. The summed E-state index contributed by atoms with van der Waals surface area (Å²) in [4.78, 5) is 12.5. The van der Waals surface area contributed by atoms with E-state index in [9.17, 15) is 4.79 Å². The highest BCUT2D eigenvalue weighted by Gasteiger charge is 2.40. The molecule has 2 fully saturated rings. The summed E-state index contributed by atoms with van der Waals surface area (Å²) in [5, 5.41) is 7.58. The predicted molar refractivity (Wildman–Crippen MR) is 148 cm³/mol. The Kier molecular flexibility index (Phi) is 12.1. The first-order valence-electron chi connectivity index (χ1n) is 12.6. The minimum Gasteiger partial charge on any atom is -0.460 e. The largest absolute Gasteiger partial charge is 0.460 e. The number of hydrogen-bond donors (Lipinski definition) is 2. The van der Waals surface area contributed by atoms with E-state index in [1.165, 1.54) is 37.7 Å². The Balaban J connectivity index is 0.00000289. The SMILES string of the molecule is CC/C(=C\c1ccccc1)[C@@H]1C[C@H]1N[C@H]1CC[C@@H](NCC(C)(C)C(=O)OC(C)(C)C)CC1.Cl.Cl. The van der Waals surface area contributed by atoms with E-state index in [-0.39, 0.29) is 30.8 Å². The van der Waals surface area contributed by atoms with E-state index >= 15 is 0 Å². The molecule has 2 aliphatic carbocycles. The van der Waals surface area contributed by atoms with Crippen molar-refractivity contribution in [3.8, 4) is 0 Å². The number of halogens is 2. The molecule has 0 heterocycles. The smallest absolute Gasteiger partial charge is 0.313 e. The van der Waals surface area contributed by atoms with Crippen molar-refractivity contribution in [3.05, 3.63) is 41.5 Å². The number of nitrogens with one attached hydrogen (secondary N) is 2. The molecule has 34 heavy (non-hydrogen) atoms. The molecular weight excluding hydrogens is 467 g/mol. The number of rotatable bonds is 9. The third-order valence-electron chi connectivity index (χ3n) is 6.79. The molecule has 6 heteroatoms. The second-order valence-corrected chi connectivity index (χ2v) is 11.4. The van der Waals surface area contributed by atoms with Gasteiger partial charge in [-0.1, -0.05) is 48.9 Å². The minimum atomic E-state index is -0.509. The van der Waals surface area contributed by atoms with E-state index in [2.05, 4.69) is 54.0 Å². The van der Waals surface area contributed by atoms with Gasteiger partial charge in [0.05, 0.1) is 5.41 Å². The van der Waals surface area contributed by atoms with E-state index in [1.807, 2.05) is 34.6 Å². The molecule has 0 amide bonds. The van der Waals surface area contributed by atoms with Crippen LogP contribution < -0.4 is 10.6 Å². The highest BCUT2D eigenvalue weighted by atomic mass is 35.5. The summed E-state index contributed by atoms with van der Waals surface area (Å²) in [6.45, 7) is 12.7. The Morgan fingerprint density at radius 1 is 1.00 bits per heavy atom. The molecule has 194 valence electrons. The Hall–Kier alpha value is -1.07.